The second-order valence-electron chi connectivity index (χ2n) is 8.52. The SMILES string of the molecule is Cc1ccc([C@H](NC(=O)/C(=C/c2ccco2)NC(=O)c2ccccc2C)c2ccccc2)c(C)c1. The van der Waals surface area contributed by atoms with Gasteiger partial charge in [0.2, 0.25) is 0 Å². The summed E-state index contributed by atoms with van der Waals surface area (Å²) in [6.07, 6.45) is 3.06. The molecule has 0 aliphatic carbocycles. The van der Waals surface area contributed by atoms with E-state index >= 15 is 0 Å². The molecular formula is C30H28N2O3. The van der Waals surface area contributed by atoms with Gasteiger partial charge in [-0.25, -0.2) is 0 Å². The quantitative estimate of drug-likeness (QED) is 0.336. The van der Waals surface area contributed by atoms with Crippen molar-refractivity contribution in [3.8, 4) is 0 Å². The van der Waals surface area contributed by atoms with Crippen molar-refractivity contribution in [3.05, 3.63) is 136 Å². The fourth-order valence-electron chi connectivity index (χ4n) is 4.04. The van der Waals surface area contributed by atoms with Gasteiger partial charge < -0.3 is 15.1 Å². The molecule has 0 fully saturated rings. The second kappa shape index (κ2) is 10.7. The Bertz CT molecular complexity index is 1360. The molecule has 2 amide bonds. The van der Waals surface area contributed by atoms with Crippen molar-refractivity contribution >= 4 is 17.9 Å². The van der Waals surface area contributed by atoms with E-state index in [1.54, 1.807) is 24.3 Å². The van der Waals surface area contributed by atoms with Crippen LogP contribution in [0.5, 0.6) is 0 Å². The number of amides is 2. The molecule has 4 rings (SSSR count). The van der Waals surface area contributed by atoms with E-state index in [2.05, 4.69) is 16.7 Å². The number of hydrogen-bond acceptors (Lipinski definition) is 3. The van der Waals surface area contributed by atoms with E-state index in [0.29, 0.717) is 11.3 Å². The highest BCUT2D eigenvalue weighted by Crippen LogP contribution is 2.26. The van der Waals surface area contributed by atoms with Crippen LogP contribution < -0.4 is 10.6 Å². The van der Waals surface area contributed by atoms with E-state index in [9.17, 15) is 9.59 Å². The highest BCUT2D eigenvalue weighted by Gasteiger charge is 2.23. The Morgan fingerprint density at radius 3 is 2.26 bits per heavy atom. The van der Waals surface area contributed by atoms with E-state index in [-0.39, 0.29) is 11.6 Å². The third-order valence-electron chi connectivity index (χ3n) is 5.86. The molecule has 2 N–H and O–H groups in total. The Morgan fingerprint density at radius 2 is 1.57 bits per heavy atom. The minimum atomic E-state index is -0.419. The summed E-state index contributed by atoms with van der Waals surface area (Å²) in [7, 11) is 0. The molecule has 1 heterocycles. The van der Waals surface area contributed by atoms with Crippen molar-refractivity contribution in [2.24, 2.45) is 0 Å². The molecule has 1 atom stereocenters. The van der Waals surface area contributed by atoms with Gasteiger partial charge in [0.1, 0.15) is 11.5 Å². The highest BCUT2D eigenvalue weighted by molar-refractivity contribution is 6.05. The first kappa shape index (κ1) is 23.8. The van der Waals surface area contributed by atoms with Gasteiger partial charge in [0.15, 0.2) is 0 Å². The molecule has 176 valence electrons. The van der Waals surface area contributed by atoms with Crippen molar-refractivity contribution in [2.75, 3.05) is 0 Å². The number of hydrogen-bond donors (Lipinski definition) is 2. The largest absolute Gasteiger partial charge is 0.465 e. The van der Waals surface area contributed by atoms with Gasteiger partial charge in [-0.2, -0.15) is 0 Å². The summed E-state index contributed by atoms with van der Waals surface area (Å²) < 4.78 is 5.42. The summed E-state index contributed by atoms with van der Waals surface area (Å²) in [6.45, 7) is 5.93. The highest BCUT2D eigenvalue weighted by atomic mass is 16.3. The fourth-order valence-corrected chi connectivity index (χ4v) is 4.04. The number of furan rings is 1. The van der Waals surface area contributed by atoms with Crippen LogP contribution in [0.15, 0.2) is 101 Å². The van der Waals surface area contributed by atoms with Crippen LogP contribution in [0.3, 0.4) is 0 Å². The van der Waals surface area contributed by atoms with Gasteiger partial charge in [0.25, 0.3) is 11.8 Å². The molecule has 0 spiro atoms. The number of carbonyl (C=O) groups is 2. The Labute approximate surface area is 205 Å². The average molecular weight is 465 g/mol. The summed E-state index contributed by atoms with van der Waals surface area (Å²) >= 11 is 0. The summed E-state index contributed by atoms with van der Waals surface area (Å²) in [5.74, 6) is -0.320. The maximum atomic E-state index is 13.6. The van der Waals surface area contributed by atoms with Crippen LogP contribution in [0.4, 0.5) is 0 Å². The Morgan fingerprint density at radius 1 is 0.829 bits per heavy atom. The van der Waals surface area contributed by atoms with Crippen LogP contribution in [-0.2, 0) is 4.79 Å². The summed E-state index contributed by atoms with van der Waals surface area (Å²) in [5.41, 5.74) is 5.56. The van der Waals surface area contributed by atoms with Gasteiger partial charge in [-0.3, -0.25) is 9.59 Å². The summed E-state index contributed by atoms with van der Waals surface area (Å²) in [5, 5.41) is 5.92. The minimum Gasteiger partial charge on any atom is -0.465 e. The molecule has 0 saturated heterocycles. The van der Waals surface area contributed by atoms with Gasteiger partial charge >= 0.3 is 0 Å². The third kappa shape index (κ3) is 5.76. The first-order valence-corrected chi connectivity index (χ1v) is 11.5. The molecule has 1 aromatic heterocycles. The maximum Gasteiger partial charge on any atom is 0.268 e. The minimum absolute atomic E-state index is 0.0962. The lowest BCUT2D eigenvalue weighted by atomic mass is 9.93. The number of rotatable bonds is 7. The van der Waals surface area contributed by atoms with Gasteiger partial charge in [-0.05, 0) is 61.2 Å². The number of aryl methyl sites for hydroxylation is 3. The third-order valence-corrected chi connectivity index (χ3v) is 5.86. The van der Waals surface area contributed by atoms with Crippen LogP contribution >= 0.6 is 0 Å². The Hall–Kier alpha value is -4.38. The first-order chi connectivity index (χ1) is 16.9. The van der Waals surface area contributed by atoms with Crippen LogP contribution in [0.1, 0.15) is 50.0 Å². The lowest BCUT2D eigenvalue weighted by Gasteiger charge is -2.23. The molecule has 4 aromatic rings. The molecule has 0 radical (unpaired) electrons. The molecular weight excluding hydrogens is 436 g/mol. The van der Waals surface area contributed by atoms with Crippen LogP contribution in [0.25, 0.3) is 6.08 Å². The molecule has 0 bridgehead atoms. The van der Waals surface area contributed by atoms with Gasteiger partial charge in [-0.1, -0.05) is 72.3 Å². The van der Waals surface area contributed by atoms with E-state index in [1.165, 1.54) is 12.3 Å². The lowest BCUT2D eigenvalue weighted by molar-refractivity contribution is -0.118. The standard InChI is InChI=1S/C30H28N2O3/c1-20-15-16-25(22(3)18-20)28(23-11-5-4-6-12-23)32-30(34)27(19-24-13-9-17-35-24)31-29(33)26-14-8-7-10-21(26)2/h4-19,28H,1-3H3,(H,31,33)(H,32,34)/b27-19-/t28-/m1/s1. The number of carbonyl (C=O) groups excluding carboxylic acids is 2. The molecule has 5 nitrogen and oxygen atoms in total. The van der Waals surface area contributed by atoms with E-state index in [0.717, 1.165) is 27.8 Å². The van der Waals surface area contributed by atoms with Crippen molar-refractivity contribution < 1.29 is 14.0 Å². The van der Waals surface area contributed by atoms with Gasteiger partial charge in [0, 0.05) is 11.6 Å². The smallest absolute Gasteiger partial charge is 0.268 e. The normalized spacial score (nSPS) is 12.1. The van der Waals surface area contributed by atoms with Gasteiger partial charge in [-0.15, -0.1) is 0 Å². The Balaban J connectivity index is 1.69. The lowest BCUT2D eigenvalue weighted by Crippen LogP contribution is -2.37. The zero-order valence-corrected chi connectivity index (χ0v) is 20.0. The van der Waals surface area contributed by atoms with E-state index in [4.69, 9.17) is 4.42 Å². The number of nitrogens with one attached hydrogen (secondary N) is 2. The summed E-state index contributed by atoms with van der Waals surface area (Å²) in [4.78, 5) is 26.7. The molecule has 0 unspecified atom stereocenters. The zero-order chi connectivity index (χ0) is 24.8. The number of benzene rings is 3. The van der Waals surface area contributed by atoms with Gasteiger partial charge in [0.05, 0.1) is 12.3 Å². The Kier molecular flexibility index (Phi) is 7.27. The average Bonchev–Trinajstić information content (AvgIpc) is 3.36. The van der Waals surface area contributed by atoms with Crippen molar-refractivity contribution in [1.29, 1.82) is 0 Å². The monoisotopic (exact) mass is 464 g/mol. The van der Waals surface area contributed by atoms with E-state index < -0.39 is 11.9 Å². The second-order valence-corrected chi connectivity index (χ2v) is 8.52. The van der Waals surface area contributed by atoms with Crippen LogP contribution in [-0.4, -0.2) is 11.8 Å². The topological polar surface area (TPSA) is 71.3 Å². The van der Waals surface area contributed by atoms with Crippen molar-refractivity contribution in [3.63, 3.8) is 0 Å². The van der Waals surface area contributed by atoms with Crippen molar-refractivity contribution in [1.82, 2.24) is 10.6 Å². The molecule has 0 saturated carbocycles. The van der Waals surface area contributed by atoms with E-state index in [1.807, 2.05) is 75.4 Å². The molecule has 5 heteroatoms. The van der Waals surface area contributed by atoms with Crippen LogP contribution in [0, 0.1) is 20.8 Å². The molecule has 0 aliphatic heterocycles. The molecule has 0 aliphatic rings. The summed E-state index contributed by atoms with van der Waals surface area (Å²) in [6, 6.07) is 26.2. The maximum absolute atomic E-state index is 13.6. The predicted octanol–water partition coefficient (Wildman–Crippen LogP) is 5.88. The fraction of sp³-hybridized carbons (Fsp3) is 0.133. The predicted molar refractivity (Wildman–Crippen MR) is 138 cm³/mol. The van der Waals surface area contributed by atoms with Crippen molar-refractivity contribution in [2.45, 2.75) is 26.8 Å². The zero-order valence-electron chi connectivity index (χ0n) is 20.0. The first-order valence-electron chi connectivity index (χ1n) is 11.5. The molecule has 3 aromatic carbocycles. The van der Waals surface area contributed by atoms with Crippen LogP contribution in [0.2, 0.25) is 0 Å². The molecule has 35 heavy (non-hydrogen) atoms.